The van der Waals surface area contributed by atoms with Gasteiger partial charge >= 0.3 is 0 Å². The smallest absolute Gasteiger partial charge is 0.127 e. The molecule has 0 fully saturated rings. The van der Waals surface area contributed by atoms with Crippen molar-refractivity contribution in [3.05, 3.63) is 60.2 Å². The van der Waals surface area contributed by atoms with Gasteiger partial charge in [0.1, 0.15) is 11.4 Å². The number of rotatable bonds is 9. The van der Waals surface area contributed by atoms with Gasteiger partial charge in [-0.2, -0.15) is 0 Å². The third kappa shape index (κ3) is 5.00. The van der Waals surface area contributed by atoms with Crippen molar-refractivity contribution in [1.29, 1.82) is 0 Å². The molecule has 1 heteroatoms. The van der Waals surface area contributed by atoms with Gasteiger partial charge in [0, 0.05) is 5.56 Å². The van der Waals surface area contributed by atoms with Crippen molar-refractivity contribution in [3.8, 4) is 16.9 Å². The van der Waals surface area contributed by atoms with Crippen LogP contribution in [0.15, 0.2) is 54.6 Å². The number of hydrogen-bond acceptors (Lipinski definition) is 1. The van der Waals surface area contributed by atoms with Crippen LogP contribution in [0.4, 0.5) is 0 Å². The van der Waals surface area contributed by atoms with E-state index in [0.717, 1.165) is 12.2 Å². The van der Waals surface area contributed by atoms with Crippen molar-refractivity contribution in [1.82, 2.24) is 0 Å². The summed E-state index contributed by atoms with van der Waals surface area (Å²) in [5.41, 5.74) is 3.52. The highest BCUT2D eigenvalue weighted by molar-refractivity contribution is 5.71. The van der Waals surface area contributed by atoms with E-state index < -0.39 is 0 Å². The van der Waals surface area contributed by atoms with E-state index >= 15 is 0 Å². The van der Waals surface area contributed by atoms with E-state index in [1.54, 1.807) is 0 Å². The number of unbranched alkanes of at least 4 members (excludes halogenated alkanes) is 6. The molecule has 1 atom stereocenters. The molecule has 3 rings (SSSR count). The Hall–Kier alpha value is -2.02. The number of benzene rings is 2. The van der Waals surface area contributed by atoms with E-state index in [9.17, 15) is 0 Å². The predicted molar refractivity (Wildman–Crippen MR) is 113 cm³/mol. The van der Waals surface area contributed by atoms with Crippen LogP contribution in [-0.2, 0) is 0 Å². The lowest BCUT2D eigenvalue weighted by Gasteiger charge is -2.32. The fourth-order valence-corrected chi connectivity index (χ4v) is 3.70. The Morgan fingerprint density at radius 1 is 0.808 bits per heavy atom. The summed E-state index contributed by atoms with van der Waals surface area (Å²) in [6, 6.07) is 17.1. The number of ether oxygens (including phenoxy) is 1. The number of hydrogen-bond donors (Lipinski definition) is 0. The van der Waals surface area contributed by atoms with Crippen LogP contribution in [0.1, 0.15) is 70.8 Å². The molecule has 2 aromatic carbocycles. The molecule has 0 aromatic heterocycles. The SMILES string of the molecule is CCCCCCCCCC1(C)C=Cc2cc(-c3ccccc3)ccc2O1. The van der Waals surface area contributed by atoms with Gasteiger partial charge in [0.05, 0.1) is 0 Å². The monoisotopic (exact) mass is 348 g/mol. The Kier molecular flexibility index (Phi) is 6.55. The van der Waals surface area contributed by atoms with Crippen molar-refractivity contribution < 1.29 is 4.74 Å². The molecule has 0 bridgehead atoms. The van der Waals surface area contributed by atoms with Crippen LogP contribution in [0.2, 0.25) is 0 Å². The average Bonchev–Trinajstić information content (AvgIpc) is 2.67. The second-order valence-electron chi connectivity index (χ2n) is 7.74. The lowest BCUT2D eigenvalue weighted by molar-refractivity contribution is 0.124. The van der Waals surface area contributed by atoms with E-state index in [0.29, 0.717) is 0 Å². The van der Waals surface area contributed by atoms with Crippen molar-refractivity contribution in [2.45, 2.75) is 70.8 Å². The maximum atomic E-state index is 6.37. The Balaban J connectivity index is 1.55. The molecule has 0 amide bonds. The summed E-state index contributed by atoms with van der Waals surface area (Å²) < 4.78 is 6.37. The zero-order chi connectivity index (χ0) is 18.2. The lowest BCUT2D eigenvalue weighted by Crippen LogP contribution is -2.31. The summed E-state index contributed by atoms with van der Waals surface area (Å²) in [4.78, 5) is 0. The van der Waals surface area contributed by atoms with Crippen LogP contribution in [0.5, 0.6) is 5.75 Å². The average molecular weight is 349 g/mol. The highest BCUT2D eigenvalue weighted by Gasteiger charge is 2.26. The van der Waals surface area contributed by atoms with E-state index in [4.69, 9.17) is 4.74 Å². The van der Waals surface area contributed by atoms with Gasteiger partial charge in [0.15, 0.2) is 0 Å². The zero-order valence-electron chi connectivity index (χ0n) is 16.3. The van der Waals surface area contributed by atoms with Gasteiger partial charge in [-0.25, -0.2) is 0 Å². The van der Waals surface area contributed by atoms with Gasteiger partial charge in [-0.15, -0.1) is 0 Å². The highest BCUT2D eigenvalue weighted by Crippen LogP contribution is 2.36. The zero-order valence-corrected chi connectivity index (χ0v) is 16.3. The maximum absolute atomic E-state index is 6.37. The van der Waals surface area contributed by atoms with E-state index in [2.05, 4.69) is 74.5 Å². The fraction of sp³-hybridized carbons (Fsp3) is 0.440. The van der Waals surface area contributed by atoms with E-state index in [1.165, 1.54) is 61.6 Å². The van der Waals surface area contributed by atoms with Gasteiger partial charge in [-0.1, -0.05) is 87.9 Å². The van der Waals surface area contributed by atoms with Crippen molar-refractivity contribution in [2.24, 2.45) is 0 Å². The standard InChI is InChI=1S/C25H32O/c1-3-4-5-6-7-8-12-18-25(2)19-17-23-20-22(15-16-24(23)26-25)21-13-10-9-11-14-21/h9-11,13-17,19-20H,3-8,12,18H2,1-2H3. The van der Waals surface area contributed by atoms with Gasteiger partial charge in [0.2, 0.25) is 0 Å². The molecule has 1 aliphatic heterocycles. The Morgan fingerprint density at radius 3 is 2.31 bits per heavy atom. The minimum Gasteiger partial charge on any atom is -0.483 e. The summed E-state index contributed by atoms with van der Waals surface area (Å²) in [5, 5.41) is 0. The van der Waals surface area contributed by atoms with Crippen LogP contribution in [-0.4, -0.2) is 5.60 Å². The minimum atomic E-state index is -0.162. The van der Waals surface area contributed by atoms with Crippen LogP contribution >= 0.6 is 0 Å². The molecule has 1 aliphatic rings. The third-order valence-electron chi connectivity index (χ3n) is 5.35. The summed E-state index contributed by atoms with van der Waals surface area (Å²) in [7, 11) is 0. The van der Waals surface area contributed by atoms with Gasteiger partial charge < -0.3 is 4.74 Å². The normalized spacial score (nSPS) is 18.4. The minimum absolute atomic E-state index is 0.162. The summed E-state index contributed by atoms with van der Waals surface area (Å²) >= 11 is 0. The largest absolute Gasteiger partial charge is 0.483 e. The molecule has 1 heterocycles. The molecular weight excluding hydrogens is 316 g/mol. The van der Waals surface area contributed by atoms with Crippen LogP contribution < -0.4 is 4.74 Å². The first-order valence-electron chi connectivity index (χ1n) is 10.3. The Morgan fingerprint density at radius 2 is 1.54 bits per heavy atom. The van der Waals surface area contributed by atoms with Gasteiger partial charge in [0.25, 0.3) is 0 Å². The van der Waals surface area contributed by atoms with E-state index in [-0.39, 0.29) is 5.60 Å². The quantitative estimate of drug-likeness (QED) is 0.423. The van der Waals surface area contributed by atoms with Crippen molar-refractivity contribution in [3.63, 3.8) is 0 Å². The van der Waals surface area contributed by atoms with Crippen LogP contribution in [0.3, 0.4) is 0 Å². The molecule has 0 aliphatic carbocycles. The maximum Gasteiger partial charge on any atom is 0.127 e. The molecule has 26 heavy (non-hydrogen) atoms. The first-order valence-corrected chi connectivity index (χ1v) is 10.3. The van der Waals surface area contributed by atoms with Crippen LogP contribution in [0.25, 0.3) is 17.2 Å². The molecule has 138 valence electrons. The predicted octanol–water partition coefficient (Wildman–Crippen LogP) is 7.66. The highest BCUT2D eigenvalue weighted by atomic mass is 16.5. The van der Waals surface area contributed by atoms with Gasteiger partial charge in [-0.05, 0) is 49.1 Å². The second-order valence-corrected chi connectivity index (χ2v) is 7.74. The first-order chi connectivity index (χ1) is 12.7. The van der Waals surface area contributed by atoms with Gasteiger partial charge in [-0.3, -0.25) is 0 Å². The molecule has 2 aromatic rings. The number of fused-ring (bicyclic) bond motifs is 1. The second kappa shape index (κ2) is 9.07. The molecular formula is C25H32O. The Labute approximate surface area is 159 Å². The topological polar surface area (TPSA) is 9.23 Å². The van der Waals surface area contributed by atoms with E-state index in [1.807, 2.05) is 0 Å². The summed E-state index contributed by atoms with van der Waals surface area (Å²) in [5.74, 6) is 1.01. The fourth-order valence-electron chi connectivity index (χ4n) is 3.70. The Bertz CT molecular complexity index is 716. The van der Waals surface area contributed by atoms with Crippen molar-refractivity contribution in [2.75, 3.05) is 0 Å². The molecule has 0 saturated carbocycles. The van der Waals surface area contributed by atoms with Crippen LogP contribution in [0, 0.1) is 0 Å². The summed E-state index contributed by atoms with van der Waals surface area (Å²) in [6.45, 7) is 4.49. The third-order valence-corrected chi connectivity index (χ3v) is 5.35. The molecule has 0 N–H and O–H groups in total. The molecule has 1 nitrogen and oxygen atoms in total. The molecule has 0 spiro atoms. The summed E-state index contributed by atoms with van der Waals surface area (Å²) in [6.07, 6.45) is 15.0. The first kappa shape index (κ1) is 18.8. The molecule has 0 radical (unpaired) electrons. The lowest BCUT2D eigenvalue weighted by atomic mass is 9.92. The molecule has 1 unspecified atom stereocenters. The molecule has 0 saturated heterocycles. The van der Waals surface area contributed by atoms with Crippen molar-refractivity contribution >= 4 is 6.08 Å².